The number of carbonyl (C=O) groups excluding carboxylic acids is 2. The maximum atomic E-state index is 13.9. The number of methoxy groups -OCH3 is 1. The van der Waals surface area contributed by atoms with Gasteiger partial charge < -0.3 is 23.9 Å². The first kappa shape index (κ1) is 26.1. The van der Waals surface area contributed by atoms with E-state index in [0.717, 1.165) is 18.4 Å². The molecule has 2 heterocycles. The molecule has 0 aliphatic carbocycles. The molecule has 0 radical (unpaired) electrons. The lowest BCUT2D eigenvalue weighted by molar-refractivity contribution is -0.129. The highest BCUT2D eigenvalue weighted by Crippen LogP contribution is 2.41. The Balaban J connectivity index is 1.54. The van der Waals surface area contributed by atoms with E-state index in [1.54, 1.807) is 23.1 Å². The Morgan fingerprint density at radius 2 is 1.82 bits per heavy atom. The molecule has 0 saturated heterocycles. The summed E-state index contributed by atoms with van der Waals surface area (Å²) in [6.07, 6.45) is 2.48. The first-order valence-electron chi connectivity index (χ1n) is 13.1. The van der Waals surface area contributed by atoms with Crippen molar-refractivity contribution in [3.63, 3.8) is 0 Å². The zero-order valence-corrected chi connectivity index (χ0v) is 22.1. The number of aliphatic hydroxyl groups excluding tert-OH is 1. The zero-order chi connectivity index (χ0) is 27.4. The number of hydrogen-bond acceptors (Lipinski definition) is 6. The normalized spacial score (nSPS) is 15.3. The van der Waals surface area contributed by atoms with E-state index in [9.17, 15) is 14.7 Å². The summed E-state index contributed by atoms with van der Waals surface area (Å²) in [6, 6.07) is 23.3. The van der Waals surface area contributed by atoms with Crippen LogP contribution in [0.4, 0.5) is 0 Å². The number of rotatable bonds is 11. The van der Waals surface area contributed by atoms with Gasteiger partial charge in [0.05, 0.1) is 25.3 Å². The molecule has 200 valence electrons. The Bertz CT molecular complexity index is 1520. The predicted octanol–water partition coefficient (Wildman–Crippen LogP) is 6.44. The fourth-order valence-electron chi connectivity index (χ4n) is 4.91. The average Bonchev–Trinajstić information content (AvgIpc) is 3.51. The molecule has 1 aliphatic rings. The van der Waals surface area contributed by atoms with Gasteiger partial charge in [0.15, 0.2) is 22.9 Å². The van der Waals surface area contributed by atoms with Crippen molar-refractivity contribution in [1.82, 2.24) is 4.90 Å². The third kappa shape index (κ3) is 5.25. The maximum Gasteiger partial charge on any atom is 0.290 e. The standard InChI is InChI=1S/C32H31NO6/c1-3-4-18-38-24-14-8-12-22(19-24)28-27(29(34)26-20-23-13-9-15-25(37-2)31(23)39-26)30(35)32(36)33(28)17-16-21-10-6-5-7-11-21/h5-15,19-20,28,35H,3-4,16-18H2,1-2H3. The van der Waals surface area contributed by atoms with Crippen molar-refractivity contribution in [2.45, 2.75) is 32.2 Å². The van der Waals surface area contributed by atoms with Crippen LogP contribution in [0.2, 0.25) is 0 Å². The van der Waals surface area contributed by atoms with Gasteiger partial charge in [-0.2, -0.15) is 0 Å². The molecule has 0 saturated carbocycles. The highest BCUT2D eigenvalue weighted by molar-refractivity contribution is 6.16. The molecule has 39 heavy (non-hydrogen) atoms. The number of amides is 1. The summed E-state index contributed by atoms with van der Waals surface area (Å²) < 4.78 is 17.2. The van der Waals surface area contributed by atoms with Gasteiger partial charge in [-0.1, -0.05) is 67.9 Å². The van der Waals surface area contributed by atoms with E-state index < -0.39 is 23.5 Å². The van der Waals surface area contributed by atoms with Crippen LogP contribution in [0.15, 0.2) is 94.6 Å². The summed E-state index contributed by atoms with van der Waals surface area (Å²) in [7, 11) is 1.53. The summed E-state index contributed by atoms with van der Waals surface area (Å²) in [5.41, 5.74) is 2.13. The predicted molar refractivity (Wildman–Crippen MR) is 148 cm³/mol. The van der Waals surface area contributed by atoms with Crippen molar-refractivity contribution in [3.05, 3.63) is 107 Å². The number of Topliss-reactive ketones (excluding diaryl/α,β-unsaturated/α-hetero) is 1. The molecule has 1 aliphatic heterocycles. The number of nitrogens with zero attached hydrogens (tertiary/aromatic N) is 1. The van der Waals surface area contributed by atoms with Gasteiger partial charge in [0, 0.05) is 11.9 Å². The van der Waals surface area contributed by atoms with Gasteiger partial charge in [-0.3, -0.25) is 9.59 Å². The van der Waals surface area contributed by atoms with Gasteiger partial charge in [-0.05, 0) is 48.2 Å². The third-order valence-electron chi connectivity index (χ3n) is 6.92. The molecule has 0 fully saturated rings. The van der Waals surface area contributed by atoms with Crippen LogP contribution in [-0.2, 0) is 11.2 Å². The molecule has 7 heteroatoms. The minimum atomic E-state index is -0.807. The van der Waals surface area contributed by atoms with Crippen molar-refractivity contribution < 1.29 is 28.6 Å². The molecule has 1 amide bonds. The Hall–Kier alpha value is -4.52. The fourth-order valence-corrected chi connectivity index (χ4v) is 4.91. The monoisotopic (exact) mass is 525 g/mol. The number of ketones is 1. The Morgan fingerprint density at radius 1 is 1.03 bits per heavy atom. The first-order chi connectivity index (χ1) is 19.0. The topological polar surface area (TPSA) is 89.2 Å². The molecule has 4 aromatic rings. The van der Waals surface area contributed by atoms with E-state index in [2.05, 4.69) is 6.92 Å². The first-order valence-corrected chi connectivity index (χ1v) is 13.1. The second-order valence-corrected chi connectivity index (χ2v) is 9.49. The number of unbranched alkanes of at least 4 members (excludes halogenated alkanes) is 1. The summed E-state index contributed by atoms with van der Waals surface area (Å²) in [6.45, 7) is 2.96. The molecule has 0 bridgehead atoms. The highest BCUT2D eigenvalue weighted by Gasteiger charge is 2.44. The van der Waals surface area contributed by atoms with Gasteiger partial charge in [-0.25, -0.2) is 0 Å². The summed E-state index contributed by atoms with van der Waals surface area (Å²) >= 11 is 0. The van der Waals surface area contributed by atoms with Crippen molar-refractivity contribution in [2.75, 3.05) is 20.3 Å². The number of carbonyl (C=O) groups is 2. The number of aliphatic hydroxyl groups is 1. The number of hydrogen-bond donors (Lipinski definition) is 1. The van der Waals surface area contributed by atoms with Gasteiger partial charge in [0.2, 0.25) is 5.78 Å². The third-order valence-corrected chi connectivity index (χ3v) is 6.92. The molecule has 1 N–H and O–H groups in total. The quantitative estimate of drug-likeness (QED) is 0.179. The molecule has 3 aromatic carbocycles. The van der Waals surface area contributed by atoms with Crippen LogP contribution in [0.25, 0.3) is 11.0 Å². The lowest BCUT2D eigenvalue weighted by Gasteiger charge is -2.27. The van der Waals surface area contributed by atoms with Crippen molar-refractivity contribution in [1.29, 1.82) is 0 Å². The van der Waals surface area contributed by atoms with Gasteiger partial charge in [0.1, 0.15) is 5.75 Å². The van der Waals surface area contributed by atoms with Crippen LogP contribution in [-0.4, -0.2) is 42.0 Å². The van der Waals surface area contributed by atoms with E-state index in [4.69, 9.17) is 13.9 Å². The van der Waals surface area contributed by atoms with E-state index in [1.165, 1.54) is 7.11 Å². The second kappa shape index (κ2) is 11.5. The number of furan rings is 1. The molecule has 0 spiro atoms. The van der Waals surface area contributed by atoms with E-state index in [-0.39, 0.29) is 11.3 Å². The molecule has 1 atom stereocenters. The van der Waals surface area contributed by atoms with Crippen LogP contribution < -0.4 is 9.47 Å². The number of ether oxygens (including phenoxy) is 2. The fraction of sp³-hybridized carbons (Fsp3) is 0.250. The van der Waals surface area contributed by atoms with Crippen LogP contribution >= 0.6 is 0 Å². The Morgan fingerprint density at radius 3 is 2.59 bits per heavy atom. The molecule has 1 unspecified atom stereocenters. The largest absolute Gasteiger partial charge is 0.503 e. The SMILES string of the molecule is CCCCOc1cccc(C2C(C(=O)c3cc4cccc(OC)c4o3)=C(O)C(=O)N2CCc2ccccc2)c1. The lowest BCUT2D eigenvalue weighted by atomic mass is 9.94. The second-order valence-electron chi connectivity index (χ2n) is 9.49. The minimum absolute atomic E-state index is 0.0169. The van der Waals surface area contributed by atoms with Crippen LogP contribution in [0, 0.1) is 0 Å². The van der Waals surface area contributed by atoms with Crippen LogP contribution in [0.1, 0.15) is 47.5 Å². The Labute approximate surface area is 227 Å². The minimum Gasteiger partial charge on any atom is -0.503 e. The average molecular weight is 526 g/mol. The van der Waals surface area contributed by atoms with Gasteiger partial charge in [-0.15, -0.1) is 0 Å². The van der Waals surface area contributed by atoms with Gasteiger partial charge in [0.25, 0.3) is 5.91 Å². The van der Waals surface area contributed by atoms with Crippen LogP contribution in [0.3, 0.4) is 0 Å². The van der Waals surface area contributed by atoms with E-state index in [1.807, 2.05) is 60.7 Å². The number of benzene rings is 3. The molecular weight excluding hydrogens is 494 g/mol. The maximum absolute atomic E-state index is 13.9. The number of fused-ring (bicyclic) bond motifs is 1. The van der Waals surface area contributed by atoms with E-state index >= 15 is 0 Å². The smallest absolute Gasteiger partial charge is 0.290 e. The molecular formula is C32H31NO6. The Kier molecular flexibility index (Phi) is 7.68. The van der Waals surface area contributed by atoms with Crippen molar-refractivity contribution in [2.24, 2.45) is 0 Å². The zero-order valence-electron chi connectivity index (χ0n) is 22.1. The molecule has 5 rings (SSSR count). The molecule has 1 aromatic heterocycles. The van der Waals surface area contributed by atoms with Gasteiger partial charge >= 0.3 is 0 Å². The van der Waals surface area contributed by atoms with E-state index in [0.29, 0.717) is 47.6 Å². The highest BCUT2D eigenvalue weighted by atomic mass is 16.5. The summed E-state index contributed by atoms with van der Waals surface area (Å²) in [4.78, 5) is 28.9. The van der Waals surface area contributed by atoms with Crippen molar-refractivity contribution in [3.8, 4) is 11.5 Å². The summed E-state index contributed by atoms with van der Waals surface area (Å²) in [5.74, 6) is -0.556. The number of para-hydroxylation sites is 1. The summed E-state index contributed by atoms with van der Waals surface area (Å²) in [5, 5.41) is 11.8. The lowest BCUT2D eigenvalue weighted by Crippen LogP contribution is -2.33. The molecule has 7 nitrogen and oxygen atoms in total. The van der Waals surface area contributed by atoms with Crippen molar-refractivity contribution >= 4 is 22.7 Å². The van der Waals surface area contributed by atoms with Crippen LogP contribution in [0.5, 0.6) is 11.5 Å².